The summed E-state index contributed by atoms with van der Waals surface area (Å²) in [6, 6.07) is 9.84. The molecule has 6 heteroatoms. The maximum absolute atomic E-state index is 13.6. The van der Waals surface area contributed by atoms with Crippen LogP contribution in [-0.2, 0) is 4.74 Å². The van der Waals surface area contributed by atoms with Crippen molar-refractivity contribution in [3.8, 4) is 0 Å². The second-order valence-corrected chi connectivity index (χ2v) is 4.55. The Kier molecular flexibility index (Phi) is 4.55. The lowest BCUT2D eigenvalue weighted by Gasteiger charge is -2.10. The largest absolute Gasteiger partial charge is 0.465 e. The highest BCUT2D eigenvalue weighted by atomic mass is 35.5. The van der Waals surface area contributed by atoms with E-state index >= 15 is 0 Å². The molecule has 0 saturated heterocycles. The zero-order valence-electron chi connectivity index (χ0n) is 11.0. The lowest BCUT2D eigenvalue weighted by molar-refractivity contribution is 0.0602. The smallest absolute Gasteiger partial charge is 0.339 e. The highest BCUT2D eigenvalue weighted by Crippen LogP contribution is 2.23. The number of amides is 1. The topological polar surface area (TPSA) is 55.4 Å². The summed E-state index contributed by atoms with van der Waals surface area (Å²) in [4.78, 5) is 23.7. The maximum atomic E-state index is 13.6. The second-order valence-electron chi connectivity index (χ2n) is 4.12. The number of halogens is 2. The summed E-state index contributed by atoms with van der Waals surface area (Å²) in [6.45, 7) is 0. The number of rotatable bonds is 3. The number of methoxy groups -OCH3 is 1. The third-order valence-corrected chi connectivity index (χ3v) is 2.99. The van der Waals surface area contributed by atoms with E-state index < -0.39 is 17.7 Å². The van der Waals surface area contributed by atoms with Crippen LogP contribution in [-0.4, -0.2) is 19.0 Å². The first-order valence-electron chi connectivity index (χ1n) is 5.96. The standard InChI is InChI=1S/C15H11ClFNO3/c1-21-15(20)11-7-6-9(16)8-13(11)18-14(19)10-4-2-3-5-12(10)17/h2-8H,1H3,(H,18,19). The van der Waals surface area contributed by atoms with E-state index in [1.165, 1.54) is 49.6 Å². The summed E-state index contributed by atoms with van der Waals surface area (Å²) in [5.74, 6) is -1.97. The highest BCUT2D eigenvalue weighted by Gasteiger charge is 2.17. The Bertz CT molecular complexity index is 703. The number of anilines is 1. The van der Waals surface area contributed by atoms with Gasteiger partial charge in [0.1, 0.15) is 5.82 Å². The van der Waals surface area contributed by atoms with E-state index in [1.54, 1.807) is 0 Å². The van der Waals surface area contributed by atoms with Crippen molar-refractivity contribution in [1.29, 1.82) is 0 Å². The highest BCUT2D eigenvalue weighted by molar-refractivity contribution is 6.31. The molecule has 0 aliphatic carbocycles. The van der Waals surface area contributed by atoms with Gasteiger partial charge in [-0.15, -0.1) is 0 Å². The fourth-order valence-electron chi connectivity index (χ4n) is 1.74. The molecule has 2 rings (SSSR count). The van der Waals surface area contributed by atoms with Gasteiger partial charge in [0.15, 0.2) is 0 Å². The predicted octanol–water partition coefficient (Wildman–Crippen LogP) is 3.52. The van der Waals surface area contributed by atoms with Gasteiger partial charge >= 0.3 is 5.97 Å². The van der Waals surface area contributed by atoms with Crippen molar-refractivity contribution >= 4 is 29.2 Å². The number of hydrogen-bond acceptors (Lipinski definition) is 3. The molecule has 0 saturated carbocycles. The van der Waals surface area contributed by atoms with E-state index in [0.717, 1.165) is 0 Å². The van der Waals surface area contributed by atoms with Crippen molar-refractivity contribution in [2.24, 2.45) is 0 Å². The molecule has 0 fully saturated rings. The van der Waals surface area contributed by atoms with Crippen LogP contribution in [0, 0.1) is 5.82 Å². The lowest BCUT2D eigenvalue weighted by Crippen LogP contribution is -2.16. The molecule has 108 valence electrons. The molecule has 0 spiro atoms. The van der Waals surface area contributed by atoms with Gasteiger partial charge in [-0.05, 0) is 30.3 Å². The zero-order chi connectivity index (χ0) is 15.4. The van der Waals surface area contributed by atoms with E-state index in [4.69, 9.17) is 11.6 Å². The van der Waals surface area contributed by atoms with E-state index in [-0.39, 0.29) is 16.8 Å². The van der Waals surface area contributed by atoms with Gasteiger partial charge in [-0.3, -0.25) is 4.79 Å². The summed E-state index contributed by atoms with van der Waals surface area (Å²) in [6.07, 6.45) is 0. The molecular formula is C15H11ClFNO3. The Labute approximate surface area is 125 Å². The molecule has 0 heterocycles. The van der Waals surface area contributed by atoms with Gasteiger partial charge in [0.25, 0.3) is 5.91 Å². The molecule has 2 aromatic rings. The fraction of sp³-hybridized carbons (Fsp3) is 0.0667. The van der Waals surface area contributed by atoms with Crippen molar-refractivity contribution < 1.29 is 18.7 Å². The van der Waals surface area contributed by atoms with Crippen LogP contribution in [0.25, 0.3) is 0 Å². The summed E-state index contributed by atoms with van der Waals surface area (Å²) >= 11 is 5.85. The first-order chi connectivity index (χ1) is 10.0. The number of ether oxygens (including phenoxy) is 1. The summed E-state index contributed by atoms with van der Waals surface area (Å²) in [5, 5.41) is 2.78. The van der Waals surface area contributed by atoms with Crippen LogP contribution in [0.15, 0.2) is 42.5 Å². The minimum absolute atomic E-state index is 0.131. The fourth-order valence-corrected chi connectivity index (χ4v) is 1.91. The molecular weight excluding hydrogens is 297 g/mol. The molecule has 0 radical (unpaired) electrons. The minimum atomic E-state index is -0.680. The molecule has 0 unspecified atom stereocenters. The number of carbonyl (C=O) groups excluding carboxylic acids is 2. The first kappa shape index (κ1) is 15.0. The van der Waals surface area contributed by atoms with E-state index in [9.17, 15) is 14.0 Å². The normalized spacial score (nSPS) is 10.0. The van der Waals surface area contributed by atoms with Crippen molar-refractivity contribution in [3.63, 3.8) is 0 Å². The Morgan fingerprint density at radius 1 is 1.14 bits per heavy atom. The average Bonchev–Trinajstić information content (AvgIpc) is 2.47. The van der Waals surface area contributed by atoms with Crippen molar-refractivity contribution in [3.05, 3.63) is 64.4 Å². The third-order valence-electron chi connectivity index (χ3n) is 2.75. The Morgan fingerprint density at radius 3 is 2.52 bits per heavy atom. The van der Waals surface area contributed by atoms with Gasteiger partial charge in [0.05, 0.1) is 23.9 Å². The number of carbonyl (C=O) groups is 2. The molecule has 0 aliphatic heterocycles. The van der Waals surface area contributed by atoms with Crippen molar-refractivity contribution in [1.82, 2.24) is 0 Å². The van der Waals surface area contributed by atoms with Crippen LogP contribution in [0.4, 0.5) is 10.1 Å². The Balaban J connectivity index is 2.35. The van der Waals surface area contributed by atoms with E-state index in [0.29, 0.717) is 5.02 Å². The summed E-state index contributed by atoms with van der Waals surface area (Å²) in [7, 11) is 1.22. The second kappa shape index (κ2) is 6.37. The maximum Gasteiger partial charge on any atom is 0.339 e. The van der Waals surface area contributed by atoms with Crippen LogP contribution in [0.5, 0.6) is 0 Å². The predicted molar refractivity (Wildman–Crippen MR) is 77.1 cm³/mol. The third kappa shape index (κ3) is 3.38. The molecule has 0 bridgehead atoms. The molecule has 1 N–H and O–H groups in total. The summed E-state index contributed by atoms with van der Waals surface area (Å²) < 4.78 is 18.2. The van der Waals surface area contributed by atoms with Crippen LogP contribution < -0.4 is 5.32 Å². The van der Waals surface area contributed by atoms with Crippen LogP contribution in [0.2, 0.25) is 5.02 Å². The number of hydrogen-bond donors (Lipinski definition) is 1. The van der Waals surface area contributed by atoms with Gasteiger partial charge in [0, 0.05) is 5.02 Å². The minimum Gasteiger partial charge on any atom is -0.465 e. The molecule has 1 amide bonds. The molecule has 21 heavy (non-hydrogen) atoms. The molecule has 2 aromatic carbocycles. The average molecular weight is 308 g/mol. The zero-order valence-corrected chi connectivity index (χ0v) is 11.8. The van der Waals surface area contributed by atoms with Crippen molar-refractivity contribution in [2.75, 3.05) is 12.4 Å². The lowest BCUT2D eigenvalue weighted by atomic mass is 10.1. The number of esters is 1. The van der Waals surface area contributed by atoms with Crippen LogP contribution in [0.1, 0.15) is 20.7 Å². The molecule has 4 nitrogen and oxygen atoms in total. The van der Waals surface area contributed by atoms with Gasteiger partial charge in [0.2, 0.25) is 0 Å². The quantitative estimate of drug-likeness (QED) is 0.883. The van der Waals surface area contributed by atoms with Gasteiger partial charge < -0.3 is 10.1 Å². The molecule has 0 atom stereocenters. The van der Waals surface area contributed by atoms with Crippen LogP contribution in [0.3, 0.4) is 0 Å². The Morgan fingerprint density at radius 2 is 1.86 bits per heavy atom. The van der Waals surface area contributed by atoms with Crippen molar-refractivity contribution in [2.45, 2.75) is 0 Å². The SMILES string of the molecule is COC(=O)c1ccc(Cl)cc1NC(=O)c1ccccc1F. The summed E-state index contributed by atoms with van der Waals surface area (Å²) in [5.41, 5.74) is 0.155. The van der Waals surface area contributed by atoms with Gasteiger partial charge in [-0.25, -0.2) is 9.18 Å². The monoisotopic (exact) mass is 307 g/mol. The molecule has 0 aliphatic rings. The van der Waals surface area contributed by atoms with Crippen LogP contribution >= 0.6 is 11.6 Å². The first-order valence-corrected chi connectivity index (χ1v) is 6.34. The van der Waals surface area contributed by atoms with Gasteiger partial charge in [-0.1, -0.05) is 23.7 Å². The van der Waals surface area contributed by atoms with E-state index in [2.05, 4.69) is 10.1 Å². The molecule has 0 aromatic heterocycles. The number of nitrogens with one attached hydrogen (secondary N) is 1. The van der Waals surface area contributed by atoms with E-state index in [1.807, 2.05) is 0 Å². The van der Waals surface area contributed by atoms with Gasteiger partial charge in [-0.2, -0.15) is 0 Å². The number of benzene rings is 2. The Hall–Kier alpha value is -2.40.